The Morgan fingerprint density at radius 1 is 1.04 bits per heavy atom. The molecule has 0 radical (unpaired) electrons. The zero-order valence-electron chi connectivity index (χ0n) is 14.9. The molecule has 2 aromatic carbocycles. The van der Waals surface area contributed by atoms with E-state index in [1.807, 2.05) is 24.3 Å². The molecular formula is C19H19Cl2N3O3. The van der Waals surface area contributed by atoms with Crippen molar-refractivity contribution >= 4 is 23.2 Å². The number of ether oxygens (including phenoxy) is 3. The zero-order valence-corrected chi connectivity index (χ0v) is 16.4. The first-order valence-electron chi connectivity index (χ1n) is 8.20. The second-order valence-corrected chi connectivity index (χ2v) is 6.62. The van der Waals surface area contributed by atoms with Crippen LogP contribution in [0.25, 0.3) is 0 Å². The Kier molecular flexibility index (Phi) is 6.55. The summed E-state index contributed by atoms with van der Waals surface area (Å²) in [5.74, 6) is 1.32. The molecule has 1 unspecified atom stereocenters. The average molecular weight is 408 g/mol. The van der Waals surface area contributed by atoms with E-state index in [1.54, 1.807) is 37.4 Å². The molecule has 142 valence electrons. The van der Waals surface area contributed by atoms with Crippen LogP contribution >= 0.6 is 23.2 Å². The van der Waals surface area contributed by atoms with Gasteiger partial charge in [-0.05, 0) is 29.8 Å². The van der Waals surface area contributed by atoms with Crippen LogP contribution in [0.15, 0.2) is 49.1 Å². The maximum atomic E-state index is 6.39. The summed E-state index contributed by atoms with van der Waals surface area (Å²) in [6, 6.07) is 11.0. The van der Waals surface area contributed by atoms with Crippen LogP contribution in [-0.2, 0) is 17.9 Å². The van der Waals surface area contributed by atoms with Gasteiger partial charge in [0.2, 0.25) is 0 Å². The minimum absolute atomic E-state index is 0.329. The number of hydrogen-bond donors (Lipinski definition) is 0. The fourth-order valence-corrected chi connectivity index (χ4v) is 3.20. The van der Waals surface area contributed by atoms with Crippen molar-refractivity contribution in [3.63, 3.8) is 0 Å². The van der Waals surface area contributed by atoms with E-state index in [1.165, 1.54) is 6.33 Å². The highest BCUT2D eigenvalue weighted by Gasteiger charge is 2.18. The van der Waals surface area contributed by atoms with E-state index in [-0.39, 0.29) is 6.10 Å². The van der Waals surface area contributed by atoms with E-state index in [0.29, 0.717) is 34.7 Å². The molecule has 0 saturated carbocycles. The summed E-state index contributed by atoms with van der Waals surface area (Å²) in [7, 11) is 3.20. The van der Waals surface area contributed by atoms with Crippen molar-refractivity contribution in [2.45, 2.75) is 19.3 Å². The van der Waals surface area contributed by atoms with Crippen molar-refractivity contribution in [2.75, 3.05) is 14.2 Å². The Morgan fingerprint density at radius 3 is 2.52 bits per heavy atom. The molecule has 0 fully saturated rings. The lowest BCUT2D eigenvalue weighted by molar-refractivity contribution is 0.0256. The second kappa shape index (κ2) is 9.08. The third-order valence-electron chi connectivity index (χ3n) is 4.03. The third-order valence-corrected chi connectivity index (χ3v) is 4.59. The fourth-order valence-electron chi connectivity index (χ4n) is 2.67. The molecule has 0 spiro atoms. The van der Waals surface area contributed by atoms with Gasteiger partial charge in [-0.25, -0.2) is 4.98 Å². The number of hydrogen-bond acceptors (Lipinski definition) is 5. The summed E-state index contributed by atoms with van der Waals surface area (Å²) in [5, 5.41) is 5.27. The summed E-state index contributed by atoms with van der Waals surface area (Å²) >= 11 is 12.4. The number of aromatic nitrogens is 3. The van der Waals surface area contributed by atoms with Crippen LogP contribution < -0.4 is 9.47 Å². The van der Waals surface area contributed by atoms with Gasteiger partial charge < -0.3 is 14.2 Å². The average Bonchev–Trinajstić information content (AvgIpc) is 3.18. The van der Waals surface area contributed by atoms with Gasteiger partial charge in [-0.15, -0.1) is 0 Å². The van der Waals surface area contributed by atoms with Crippen molar-refractivity contribution in [1.29, 1.82) is 0 Å². The quantitative estimate of drug-likeness (QED) is 0.547. The number of benzene rings is 2. The van der Waals surface area contributed by atoms with E-state index in [4.69, 9.17) is 37.4 Å². The Labute approximate surface area is 167 Å². The maximum absolute atomic E-state index is 6.39. The van der Waals surface area contributed by atoms with Gasteiger partial charge in [0.05, 0.1) is 27.4 Å². The highest BCUT2D eigenvalue weighted by molar-refractivity contribution is 6.35. The SMILES string of the molecule is COc1ccc(COC(Cn2cncn2)c2ccc(Cl)cc2Cl)cc1OC. The van der Waals surface area contributed by atoms with Crippen LogP contribution in [-0.4, -0.2) is 29.0 Å². The molecule has 0 aliphatic carbocycles. The highest BCUT2D eigenvalue weighted by atomic mass is 35.5. The van der Waals surface area contributed by atoms with Gasteiger partial charge in [0.1, 0.15) is 18.8 Å². The normalized spacial score (nSPS) is 12.0. The number of rotatable bonds is 8. The Balaban J connectivity index is 1.81. The molecule has 0 aliphatic rings. The highest BCUT2D eigenvalue weighted by Crippen LogP contribution is 2.32. The standard InChI is InChI=1S/C19H19Cl2N3O3/c1-25-17-6-3-13(7-18(17)26-2)10-27-19(9-24-12-22-11-23-24)15-5-4-14(20)8-16(15)21/h3-8,11-12,19H,9-10H2,1-2H3. The van der Waals surface area contributed by atoms with E-state index in [0.717, 1.165) is 11.1 Å². The molecule has 8 heteroatoms. The van der Waals surface area contributed by atoms with Gasteiger partial charge in [0.25, 0.3) is 0 Å². The Morgan fingerprint density at radius 2 is 1.85 bits per heavy atom. The van der Waals surface area contributed by atoms with Gasteiger partial charge in [-0.1, -0.05) is 35.3 Å². The predicted octanol–water partition coefficient (Wildman–Crippen LogP) is 4.56. The molecule has 6 nitrogen and oxygen atoms in total. The van der Waals surface area contributed by atoms with E-state index >= 15 is 0 Å². The molecule has 3 aromatic rings. The van der Waals surface area contributed by atoms with Gasteiger partial charge >= 0.3 is 0 Å². The Hall–Kier alpha value is -2.28. The van der Waals surface area contributed by atoms with Crippen LogP contribution in [0.1, 0.15) is 17.2 Å². The van der Waals surface area contributed by atoms with Crippen LogP contribution in [0.3, 0.4) is 0 Å². The molecular weight excluding hydrogens is 389 g/mol. The van der Waals surface area contributed by atoms with Gasteiger partial charge in [-0.3, -0.25) is 4.68 Å². The number of nitrogens with zero attached hydrogens (tertiary/aromatic N) is 3. The van der Waals surface area contributed by atoms with Crippen LogP contribution in [0.4, 0.5) is 0 Å². The topological polar surface area (TPSA) is 58.4 Å². The Bertz CT molecular complexity index is 888. The summed E-state index contributed by atoms with van der Waals surface area (Å²) in [4.78, 5) is 3.98. The molecule has 0 aliphatic heterocycles. The first-order chi connectivity index (χ1) is 13.1. The van der Waals surface area contributed by atoms with Crippen LogP contribution in [0.5, 0.6) is 11.5 Å². The van der Waals surface area contributed by atoms with Crippen molar-refractivity contribution in [3.05, 3.63) is 70.2 Å². The summed E-state index contributed by atoms with van der Waals surface area (Å²) < 4.78 is 18.5. The van der Waals surface area contributed by atoms with E-state index in [2.05, 4.69) is 10.1 Å². The van der Waals surface area contributed by atoms with Crippen LogP contribution in [0.2, 0.25) is 10.0 Å². The molecule has 0 N–H and O–H groups in total. The van der Waals surface area contributed by atoms with Crippen molar-refractivity contribution in [3.8, 4) is 11.5 Å². The number of halogens is 2. The molecule has 3 rings (SSSR count). The molecule has 0 bridgehead atoms. The molecule has 0 amide bonds. The molecule has 1 aromatic heterocycles. The predicted molar refractivity (Wildman–Crippen MR) is 104 cm³/mol. The molecule has 27 heavy (non-hydrogen) atoms. The minimum atomic E-state index is -0.329. The first kappa shape index (κ1) is 19.5. The van der Waals surface area contributed by atoms with Gasteiger partial charge in [0, 0.05) is 15.6 Å². The van der Waals surface area contributed by atoms with Crippen molar-refractivity contribution in [2.24, 2.45) is 0 Å². The largest absolute Gasteiger partial charge is 0.493 e. The monoisotopic (exact) mass is 407 g/mol. The zero-order chi connectivity index (χ0) is 19.2. The molecule has 0 saturated heterocycles. The fraction of sp³-hybridized carbons (Fsp3) is 0.263. The summed E-state index contributed by atoms with van der Waals surface area (Å²) in [6.45, 7) is 0.827. The van der Waals surface area contributed by atoms with Gasteiger partial charge in [0.15, 0.2) is 11.5 Å². The smallest absolute Gasteiger partial charge is 0.161 e. The lowest BCUT2D eigenvalue weighted by Crippen LogP contribution is -2.14. The summed E-state index contributed by atoms with van der Waals surface area (Å²) in [5.41, 5.74) is 1.78. The third kappa shape index (κ3) is 4.91. The van der Waals surface area contributed by atoms with Crippen molar-refractivity contribution < 1.29 is 14.2 Å². The van der Waals surface area contributed by atoms with E-state index < -0.39 is 0 Å². The first-order valence-corrected chi connectivity index (χ1v) is 8.96. The number of methoxy groups -OCH3 is 2. The second-order valence-electron chi connectivity index (χ2n) is 5.77. The van der Waals surface area contributed by atoms with E-state index in [9.17, 15) is 0 Å². The van der Waals surface area contributed by atoms with Crippen molar-refractivity contribution in [1.82, 2.24) is 14.8 Å². The lowest BCUT2D eigenvalue weighted by Gasteiger charge is -2.20. The lowest BCUT2D eigenvalue weighted by atomic mass is 10.1. The maximum Gasteiger partial charge on any atom is 0.161 e. The molecule has 1 heterocycles. The minimum Gasteiger partial charge on any atom is -0.493 e. The van der Waals surface area contributed by atoms with Gasteiger partial charge in [-0.2, -0.15) is 5.10 Å². The van der Waals surface area contributed by atoms with Crippen LogP contribution in [0, 0.1) is 0 Å². The summed E-state index contributed by atoms with van der Waals surface area (Å²) in [6.07, 6.45) is 2.79. The molecule has 1 atom stereocenters.